The molecule has 0 unspecified atom stereocenters. The van der Waals surface area contributed by atoms with Crippen LogP contribution in [0, 0.1) is 0 Å². The fourth-order valence-electron chi connectivity index (χ4n) is 4.06. The van der Waals surface area contributed by atoms with Gasteiger partial charge in [0, 0.05) is 23.2 Å². The van der Waals surface area contributed by atoms with E-state index in [9.17, 15) is 35.9 Å². The lowest BCUT2D eigenvalue weighted by Gasteiger charge is -2.27. The molecule has 0 aliphatic heterocycles. The average Bonchev–Trinajstić information content (AvgIpc) is 3.34. The lowest BCUT2D eigenvalue weighted by molar-refractivity contribution is -0.143. The molecule has 0 fully saturated rings. The van der Waals surface area contributed by atoms with Gasteiger partial charge in [-0.2, -0.15) is 31.4 Å². The number of benzene rings is 3. The summed E-state index contributed by atoms with van der Waals surface area (Å²) in [5.74, 6) is -1.64. The van der Waals surface area contributed by atoms with Gasteiger partial charge in [0.15, 0.2) is 0 Å². The van der Waals surface area contributed by atoms with Crippen LogP contribution in [0.25, 0.3) is 16.9 Å². The molecular formula is C29H24F6N4O2. The van der Waals surface area contributed by atoms with Crippen molar-refractivity contribution < 1.29 is 35.9 Å². The number of nitrogens with zero attached hydrogens (tertiary/aromatic N) is 3. The summed E-state index contributed by atoms with van der Waals surface area (Å²) < 4.78 is 81.6. The Bertz CT molecular complexity index is 1500. The number of rotatable bonds is 7. The smallest absolute Gasteiger partial charge is 0.327 e. The standard InChI is InChI=1S/C29H24F6N4O2/c1-18(2)38(27(41)20-13-21(28(30,31)32)15-22(14-20)29(33,34)35)17-26(40)36-25-16-24(19-9-5-3-6-10-19)37-39(25)23-11-7-4-8-12-23/h3-16,18H,17H2,1-2H3,(H,36,40). The molecule has 0 bridgehead atoms. The number of hydrogen-bond acceptors (Lipinski definition) is 3. The van der Waals surface area contributed by atoms with Gasteiger partial charge in [0.05, 0.1) is 22.5 Å². The third-order valence-corrected chi connectivity index (χ3v) is 6.08. The van der Waals surface area contributed by atoms with Crippen molar-refractivity contribution in [1.29, 1.82) is 0 Å². The SMILES string of the molecule is CC(C)N(CC(=O)Nc1cc(-c2ccccc2)nn1-c1ccccc1)C(=O)c1cc(C(F)(F)F)cc(C(F)(F)F)c1. The summed E-state index contributed by atoms with van der Waals surface area (Å²) in [5, 5.41) is 7.24. The molecule has 1 aromatic heterocycles. The highest BCUT2D eigenvalue weighted by Crippen LogP contribution is 2.36. The predicted molar refractivity (Wildman–Crippen MR) is 140 cm³/mol. The second-order valence-corrected chi connectivity index (χ2v) is 9.40. The van der Waals surface area contributed by atoms with E-state index in [1.54, 1.807) is 36.4 Å². The van der Waals surface area contributed by atoms with Crippen molar-refractivity contribution in [2.24, 2.45) is 0 Å². The second-order valence-electron chi connectivity index (χ2n) is 9.40. The Morgan fingerprint density at radius 1 is 0.829 bits per heavy atom. The number of para-hydroxylation sites is 1. The molecule has 0 aliphatic rings. The van der Waals surface area contributed by atoms with Crippen LogP contribution in [0.5, 0.6) is 0 Å². The molecule has 214 valence electrons. The van der Waals surface area contributed by atoms with Crippen molar-refractivity contribution in [3.8, 4) is 16.9 Å². The van der Waals surface area contributed by atoms with Crippen LogP contribution in [0.4, 0.5) is 32.2 Å². The van der Waals surface area contributed by atoms with Gasteiger partial charge in [-0.3, -0.25) is 9.59 Å². The molecule has 0 radical (unpaired) electrons. The van der Waals surface area contributed by atoms with Crippen molar-refractivity contribution in [2.45, 2.75) is 32.2 Å². The first-order valence-corrected chi connectivity index (χ1v) is 12.4. The maximum atomic E-state index is 13.3. The number of nitrogens with one attached hydrogen (secondary N) is 1. The molecule has 12 heteroatoms. The molecule has 6 nitrogen and oxygen atoms in total. The molecule has 1 heterocycles. The molecular weight excluding hydrogens is 550 g/mol. The third kappa shape index (κ3) is 6.94. The van der Waals surface area contributed by atoms with Crippen LogP contribution in [-0.4, -0.2) is 39.1 Å². The quantitative estimate of drug-likeness (QED) is 0.240. The van der Waals surface area contributed by atoms with Gasteiger partial charge in [-0.05, 0) is 44.2 Å². The number of amides is 2. The molecule has 0 atom stereocenters. The fourth-order valence-corrected chi connectivity index (χ4v) is 4.06. The molecule has 4 aromatic rings. The van der Waals surface area contributed by atoms with E-state index < -0.39 is 53.4 Å². The zero-order valence-corrected chi connectivity index (χ0v) is 21.8. The van der Waals surface area contributed by atoms with Crippen molar-refractivity contribution in [2.75, 3.05) is 11.9 Å². The second kappa shape index (κ2) is 11.5. The highest BCUT2D eigenvalue weighted by molar-refractivity contribution is 5.99. The number of carbonyl (C=O) groups excluding carboxylic acids is 2. The minimum Gasteiger partial charge on any atom is -0.327 e. The number of alkyl halides is 6. The lowest BCUT2D eigenvalue weighted by atomic mass is 10.0. The van der Waals surface area contributed by atoms with E-state index in [1.807, 2.05) is 30.3 Å². The van der Waals surface area contributed by atoms with Gasteiger partial charge in [0.25, 0.3) is 5.91 Å². The number of aromatic nitrogens is 2. The number of hydrogen-bond donors (Lipinski definition) is 1. The summed E-state index contributed by atoms with van der Waals surface area (Å²) in [5.41, 5.74) is -2.17. The van der Waals surface area contributed by atoms with E-state index in [0.717, 1.165) is 10.5 Å². The van der Waals surface area contributed by atoms with E-state index in [-0.39, 0.29) is 11.9 Å². The molecule has 2 amide bonds. The molecule has 0 aliphatic carbocycles. The Labute approximate surface area is 231 Å². The molecule has 0 saturated heterocycles. The van der Waals surface area contributed by atoms with Crippen molar-refractivity contribution in [3.05, 3.63) is 102 Å². The maximum Gasteiger partial charge on any atom is 0.416 e. The largest absolute Gasteiger partial charge is 0.416 e. The maximum absolute atomic E-state index is 13.3. The number of carbonyl (C=O) groups is 2. The normalized spacial score (nSPS) is 11.9. The summed E-state index contributed by atoms with van der Waals surface area (Å²) >= 11 is 0. The van der Waals surface area contributed by atoms with E-state index in [2.05, 4.69) is 10.4 Å². The molecule has 41 heavy (non-hydrogen) atoms. The van der Waals surface area contributed by atoms with Crippen LogP contribution >= 0.6 is 0 Å². The zero-order chi connectivity index (χ0) is 29.9. The van der Waals surface area contributed by atoms with Crippen LogP contribution in [-0.2, 0) is 17.1 Å². The molecule has 1 N–H and O–H groups in total. The van der Waals surface area contributed by atoms with Gasteiger partial charge in [-0.25, -0.2) is 4.68 Å². The van der Waals surface area contributed by atoms with Crippen LogP contribution in [0.15, 0.2) is 84.9 Å². The Morgan fingerprint density at radius 3 is 1.88 bits per heavy atom. The summed E-state index contributed by atoms with van der Waals surface area (Å²) in [6.45, 7) is 2.34. The van der Waals surface area contributed by atoms with E-state index in [0.29, 0.717) is 23.5 Å². The first kappa shape index (κ1) is 29.4. The molecule has 0 saturated carbocycles. The lowest BCUT2D eigenvalue weighted by Crippen LogP contribution is -2.42. The Kier molecular flexibility index (Phi) is 8.22. The van der Waals surface area contributed by atoms with Crippen LogP contribution in [0.2, 0.25) is 0 Å². The molecule has 3 aromatic carbocycles. The number of anilines is 1. The van der Waals surface area contributed by atoms with E-state index in [1.165, 1.54) is 18.5 Å². The zero-order valence-electron chi connectivity index (χ0n) is 21.8. The number of halogens is 6. The fraction of sp³-hybridized carbons (Fsp3) is 0.207. The monoisotopic (exact) mass is 574 g/mol. The highest BCUT2D eigenvalue weighted by Gasteiger charge is 2.38. The average molecular weight is 575 g/mol. The minimum atomic E-state index is -5.12. The molecule has 4 rings (SSSR count). The first-order chi connectivity index (χ1) is 19.2. The Hall–Kier alpha value is -4.61. The van der Waals surface area contributed by atoms with Gasteiger partial charge in [-0.15, -0.1) is 0 Å². The summed E-state index contributed by atoms with van der Waals surface area (Å²) in [4.78, 5) is 27.2. The van der Waals surface area contributed by atoms with Crippen molar-refractivity contribution in [3.63, 3.8) is 0 Å². The van der Waals surface area contributed by atoms with Gasteiger partial charge in [0.2, 0.25) is 5.91 Å². The Morgan fingerprint density at radius 2 is 1.37 bits per heavy atom. The summed E-state index contributed by atoms with van der Waals surface area (Å²) in [7, 11) is 0. The van der Waals surface area contributed by atoms with Gasteiger partial charge >= 0.3 is 12.4 Å². The van der Waals surface area contributed by atoms with Gasteiger partial charge in [0.1, 0.15) is 12.4 Å². The summed E-state index contributed by atoms with van der Waals surface area (Å²) in [6, 6.07) is 19.5. The van der Waals surface area contributed by atoms with Crippen molar-refractivity contribution >= 4 is 17.6 Å². The van der Waals surface area contributed by atoms with E-state index >= 15 is 0 Å². The van der Waals surface area contributed by atoms with Crippen LogP contribution in [0.3, 0.4) is 0 Å². The highest BCUT2D eigenvalue weighted by atomic mass is 19.4. The van der Waals surface area contributed by atoms with Crippen LogP contribution < -0.4 is 5.32 Å². The predicted octanol–water partition coefficient (Wildman–Crippen LogP) is 7.07. The first-order valence-electron chi connectivity index (χ1n) is 12.4. The summed E-state index contributed by atoms with van der Waals surface area (Å²) in [6.07, 6.45) is -10.2. The molecule has 0 spiro atoms. The minimum absolute atomic E-state index is 0.0573. The third-order valence-electron chi connectivity index (χ3n) is 6.08. The van der Waals surface area contributed by atoms with Gasteiger partial charge in [-0.1, -0.05) is 48.5 Å². The van der Waals surface area contributed by atoms with Gasteiger partial charge < -0.3 is 10.2 Å². The van der Waals surface area contributed by atoms with Crippen LogP contribution in [0.1, 0.15) is 35.3 Å². The topological polar surface area (TPSA) is 67.2 Å². The van der Waals surface area contributed by atoms with Crippen molar-refractivity contribution in [1.82, 2.24) is 14.7 Å². The Balaban J connectivity index is 1.64. The van der Waals surface area contributed by atoms with E-state index in [4.69, 9.17) is 0 Å².